The molecule has 1 aromatic heterocycles. The van der Waals surface area contributed by atoms with Crippen LogP contribution in [0.15, 0.2) is 66.9 Å². The Kier molecular flexibility index (Phi) is 5.98. The van der Waals surface area contributed by atoms with Crippen LogP contribution in [0.2, 0.25) is 0 Å². The zero-order valence-corrected chi connectivity index (χ0v) is 15.6. The first-order valence-corrected chi connectivity index (χ1v) is 8.86. The minimum atomic E-state index is -0.619. The van der Waals surface area contributed by atoms with Gasteiger partial charge >= 0.3 is 5.82 Å². The number of nitrogens with zero attached hydrogens (tertiary/aromatic N) is 3. The molecule has 148 valence electrons. The number of benzene rings is 2. The molecule has 1 atom stereocenters. The number of carbonyl (C=O) groups is 2. The molecule has 0 spiro atoms. The fourth-order valence-electron chi connectivity index (χ4n) is 2.73. The number of nitrogens with one attached hydrogen (secondary N) is 2. The summed E-state index contributed by atoms with van der Waals surface area (Å²) in [5, 5.41) is 20.0. The molecule has 0 aliphatic rings. The molecule has 0 aliphatic carbocycles. The van der Waals surface area contributed by atoms with Crippen LogP contribution in [0.5, 0.6) is 0 Å². The standard InChI is InChI=1S/C20H19N5O4/c1-14(21-19(26)13-24-11-10-18(23-24)25(28)29)16-8-5-9-17(12-16)22-20(27)15-6-3-2-4-7-15/h2-12,14H,13H2,1H3,(H,21,26)(H,22,27). The lowest BCUT2D eigenvalue weighted by molar-refractivity contribution is -0.389. The molecule has 3 aromatic rings. The van der Waals surface area contributed by atoms with Crippen LogP contribution in [0.25, 0.3) is 0 Å². The first-order valence-electron chi connectivity index (χ1n) is 8.86. The van der Waals surface area contributed by atoms with Crippen molar-refractivity contribution >= 4 is 23.3 Å². The van der Waals surface area contributed by atoms with Crippen LogP contribution in [0.1, 0.15) is 28.9 Å². The number of carbonyl (C=O) groups excluding carboxylic acids is 2. The molecule has 1 heterocycles. The zero-order chi connectivity index (χ0) is 20.8. The van der Waals surface area contributed by atoms with Crippen molar-refractivity contribution < 1.29 is 14.5 Å². The highest BCUT2D eigenvalue weighted by molar-refractivity contribution is 6.04. The van der Waals surface area contributed by atoms with E-state index in [0.29, 0.717) is 11.3 Å². The lowest BCUT2D eigenvalue weighted by Crippen LogP contribution is -2.30. The summed E-state index contributed by atoms with van der Waals surface area (Å²) in [5.74, 6) is -0.873. The molecule has 0 saturated carbocycles. The zero-order valence-electron chi connectivity index (χ0n) is 15.6. The van der Waals surface area contributed by atoms with E-state index in [1.165, 1.54) is 16.9 Å². The summed E-state index contributed by atoms with van der Waals surface area (Å²) < 4.78 is 1.21. The Morgan fingerprint density at radius 2 is 1.90 bits per heavy atom. The van der Waals surface area contributed by atoms with E-state index in [1.807, 2.05) is 19.1 Å². The number of amides is 2. The maximum absolute atomic E-state index is 12.3. The van der Waals surface area contributed by atoms with Gasteiger partial charge in [0.1, 0.15) is 6.54 Å². The first-order chi connectivity index (χ1) is 13.9. The van der Waals surface area contributed by atoms with Crippen LogP contribution in [-0.4, -0.2) is 26.5 Å². The number of hydrogen-bond donors (Lipinski definition) is 2. The molecular weight excluding hydrogens is 374 g/mol. The van der Waals surface area contributed by atoms with Crippen molar-refractivity contribution in [3.8, 4) is 0 Å². The van der Waals surface area contributed by atoms with Crippen molar-refractivity contribution in [1.82, 2.24) is 15.1 Å². The Labute approximate surface area is 166 Å². The summed E-state index contributed by atoms with van der Waals surface area (Å²) in [4.78, 5) is 34.5. The van der Waals surface area contributed by atoms with Gasteiger partial charge in [0.05, 0.1) is 23.4 Å². The Morgan fingerprint density at radius 1 is 1.14 bits per heavy atom. The highest BCUT2D eigenvalue weighted by atomic mass is 16.6. The summed E-state index contributed by atoms with van der Waals surface area (Å²) in [6.07, 6.45) is 1.38. The summed E-state index contributed by atoms with van der Waals surface area (Å²) in [6, 6.07) is 16.9. The summed E-state index contributed by atoms with van der Waals surface area (Å²) in [5.41, 5.74) is 1.96. The van der Waals surface area contributed by atoms with Crippen molar-refractivity contribution in [2.75, 3.05) is 5.32 Å². The highest BCUT2D eigenvalue weighted by Crippen LogP contribution is 2.18. The van der Waals surface area contributed by atoms with Crippen molar-refractivity contribution in [2.24, 2.45) is 0 Å². The quantitative estimate of drug-likeness (QED) is 0.472. The molecule has 1 unspecified atom stereocenters. The third kappa shape index (κ3) is 5.25. The average Bonchev–Trinajstić information content (AvgIpc) is 3.17. The monoisotopic (exact) mass is 393 g/mol. The first kappa shape index (κ1) is 19.7. The second kappa shape index (κ2) is 8.79. The number of anilines is 1. The van der Waals surface area contributed by atoms with Crippen LogP contribution >= 0.6 is 0 Å². The Balaban J connectivity index is 1.61. The van der Waals surface area contributed by atoms with Crippen molar-refractivity contribution in [3.05, 3.63) is 88.1 Å². The van der Waals surface area contributed by atoms with E-state index in [9.17, 15) is 19.7 Å². The molecule has 3 rings (SSSR count). The Morgan fingerprint density at radius 3 is 2.59 bits per heavy atom. The molecule has 9 heteroatoms. The van der Waals surface area contributed by atoms with E-state index in [4.69, 9.17) is 0 Å². The lowest BCUT2D eigenvalue weighted by atomic mass is 10.1. The van der Waals surface area contributed by atoms with E-state index in [2.05, 4.69) is 15.7 Å². The predicted octanol–water partition coefficient (Wildman–Crippen LogP) is 2.92. The van der Waals surface area contributed by atoms with Crippen molar-refractivity contribution in [1.29, 1.82) is 0 Å². The fourth-order valence-corrected chi connectivity index (χ4v) is 2.73. The number of rotatable bonds is 7. The summed E-state index contributed by atoms with van der Waals surface area (Å²) >= 11 is 0. The minimum Gasteiger partial charge on any atom is -0.358 e. The maximum Gasteiger partial charge on any atom is 0.389 e. The van der Waals surface area contributed by atoms with Crippen molar-refractivity contribution in [2.45, 2.75) is 19.5 Å². The second-order valence-corrected chi connectivity index (χ2v) is 6.36. The van der Waals surface area contributed by atoms with Gasteiger partial charge in [0.25, 0.3) is 5.91 Å². The third-order valence-electron chi connectivity index (χ3n) is 4.18. The van der Waals surface area contributed by atoms with Crippen LogP contribution in [0, 0.1) is 10.1 Å². The highest BCUT2D eigenvalue weighted by Gasteiger charge is 2.16. The van der Waals surface area contributed by atoms with Gasteiger partial charge in [0, 0.05) is 11.3 Å². The van der Waals surface area contributed by atoms with E-state index < -0.39 is 4.92 Å². The van der Waals surface area contributed by atoms with Crippen molar-refractivity contribution in [3.63, 3.8) is 0 Å². The lowest BCUT2D eigenvalue weighted by Gasteiger charge is -2.15. The normalized spacial score (nSPS) is 11.5. The molecule has 0 radical (unpaired) electrons. The number of nitro groups is 1. The summed E-state index contributed by atoms with van der Waals surface area (Å²) in [6.45, 7) is 1.67. The van der Waals surface area contributed by atoms with Gasteiger partial charge in [-0.15, -0.1) is 0 Å². The van der Waals surface area contributed by atoms with Gasteiger partial charge in [-0.2, -0.15) is 4.68 Å². The van der Waals surface area contributed by atoms with Crippen LogP contribution in [0.3, 0.4) is 0 Å². The SMILES string of the molecule is CC(NC(=O)Cn1ccc([N+](=O)[O-])n1)c1cccc(NC(=O)c2ccccc2)c1. The topological polar surface area (TPSA) is 119 Å². The van der Waals surface area contributed by atoms with Gasteiger partial charge < -0.3 is 20.7 Å². The summed E-state index contributed by atoms with van der Waals surface area (Å²) in [7, 11) is 0. The van der Waals surface area contributed by atoms with E-state index in [1.54, 1.807) is 42.5 Å². The molecule has 0 aliphatic heterocycles. The molecule has 0 fully saturated rings. The smallest absolute Gasteiger partial charge is 0.358 e. The predicted molar refractivity (Wildman–Crippen MR) is 106 cm³/mol. The number of hydrogen-bond acceptors (Lipinski definition) is 5. The average molecular weight is 393 g/mol. The molecule has 9 nitrogen and oxygen atoms in total. The Bertz CT molecular complexity index is 1030. The van der Waals surface area contributed by atoms with Gasteiger partial charge in [-0.1, -0.05) is 30.3 Å². The van der Waals surface area contributed by atoms with E-state index >= 15 is 0 Å². The van der Waals surface area contributed by atoms with Gasteiger partial charge in [-0.3, -0.25) is 9.59 Å². The molecule has 2 N–H and O–H groups in total. The van der Waals surface area contributed by atoms with Gasteiger partial charge in [-0.05, 0) is 41.7 Å². The van der Waals surface area contributed by atoms with Gasteiger partial charge in [0.15, 0.2) is 0 Å². The molecule has 2 aromatic carbocycles. The molecule has 2 amide bonds. The Hall–Kier alpha value is -4.01. The van der Waals surface area contributed by atoms with E-state index in [-0.39, 0.29) is 30.2 Å². The second-order valence-electron chi connectivity index (χ2n) is 6.36. The maximum atomic E-state index is 12.3. The van der Waals surface area contributed by atoms with Crippen LogP contribution in [-0.2, 0) is 11.3 Å². The van der Waals surface area contributed by atoms with E-state index in [0.717, 1.165) is 5.56 Å². The van der Waals surface area contributed by atoms with Gasteiger partial charge in [0.2, 0.25) is 5.91 Å². The molecule has 0 bridgehead atoms. The molecule has 29 heavy (non-hydrogen) atoms. The van der Waals surface area contributed by atoms with Crippen LogP contribution < -0.4 is 10.6 Å². The fraction of sp³-hybridized carbons (Fsp3) is 0.150. The molecule has 0 saturated heterocycles. The minimum absolute atomic E-state index is 0.136. The largest absolute Gasteiger partial charge is 0.389 e. The third-order valence-corrected chi connectivity index (χ3v) is 4.18. The van der Waals surface area contributed by atoms with Crippen LogP contribution in [0.4, 0.5) is 11.5 Å². The molecular formula is C20H19N5O4. The van der Waals surface area contributed by atoms with Gasteiger partial charge in [-0.25, -0.2) is 0 Å². The number of aromatic nitrogens is 2.